The minimum absolute atomic E-state index is 0.0402. The first-order valence-electron chi connectivity index (χ1n) is 7.00. The number of aromatic hydroxyl groups is 1. The lowest BCUT2D eigenvalue weighted by atomic mass is 10.1. The molecule has 1 amide bonds. The number of ether oxygens (including phenoxy) is 1. The maximum Gasteiger partial charge on any atom is 0.277 e. The summed E-state index contributed by atoms with van der Waals surface area (Å²) in [7, 11) is 0. The summed E-state index contributed by atoms with van der Waals surface area (Å²) in [6.07, 6.45) is 2.59. The number of hydrogen-bond acceptors (Lipinski definition) is 6. The molecule has 0 aliphatic rings. The van der Waals surface area contributed by atoms with Crippen molar-refractivity contribution >= 4 is 12.1 Å². The Balaban J connectivity index is 1.96. The summed E-state index contributed by atoms with van der Waals surface area (Å²) in [6, 6.07) is 5.71. The summed E-state index contributed by atoms with van der Waals surface area (Å²) in [5, 5.41) is 22.8. The van der Waals surface area contributed by atoms with Gasteiger partial charge in [0.05, 0.1) is 18.5 Å². The Morgan fingerprint density at radius 2 is 2.21 bits per heavy atom. The van der Waals surface area contributed by atoms with Crippen molar-refractivity contribution in [1.29, 1.82) is 0 Å². The van der Waals surface area contributed by atoms with Gasteiger partial charge in [0.15, 0.2) is 18.2 Å². The molecular weight excluding hydrogens is 317 g/mol. The average Bonchev–Trinajstić information content (AvgIpc) is 2.58. The second-order valence-electron chi connectivity index (χ2n) is 4.80. The fraction of sp³-hybridized carbons (Fsp3) is 0.188. The molecule has 1 heterocycles. The number of carbonyl (C=O) groups excluding carboxylic acids is 1. The van der Waals surface area contributed by atoms with Gasteiger partial charge in [-0.1, -0.05) is 12.1 Å². The molecule has 0 aliphatic heterocycles. The monoisotopic (exact) mass is 333 g/mol. The van der Waals surface area contributed by atoms with Gasteiger partial charge in [0.2, 0.25) is 0 Å². The molecule has 3 N–H and O–H groups in total. The Kier molecular flexibility index (Phi) is 5.80. The Bertz CT molecular complexity index is 765. The first-order chi connectivity index (χ1) is 11.5. The Hall–Kier alpha value is -3.00. The molecule has 7 nitrogen and oxygen atoms in total. The second kappa shape index (κ2) is 8.02. The van der Waals surface area contributed by atoms with E-state index in [-0.39, 0.29) is 23.7 Å². The molecule has 126 valence electrons. The van der Waals surface area contributed by atoms with E-state index in [1.54, 1.807) is 13.0 Å². The zero-order valence-corrected chi connectivity index (χ0v) is 12.9. The number of hydrazone groups is 1. The molecule has 0 fully saturated rings. The lowest BCUT2D eigenvalue weighted by Crippen LogP contribution is -2.24. The molecule has 0 saturated carbocycles. The van der Waals surface area contributed by atoms with Crippen LogP contribution >= 0.6 is 0 Å². The van der Waals surface area contributed by atoms with Crippen LogP contribution in [0.15, 0.2) is 35.6 Å². The number of benzene rings is 1. The number of para-hydroxylation sites is 1. The van der Waals surface area contributed by atoms with Crippen molar-refractivity contribution in [3.8, 4) is 11.5 Å². The van der Waals surface area contributed by atoms with Crippen LogP contribution < -0.4 is 10.2 Å². The predicted octanol–water partition coefficient (Wildman–Crippen LogP) is 1.26. The molecule has 8 heteroatoms. The summed E-state index contributed by atoms with van der Waals surface area (Å²) in [6.45, 7) is 0.827. The smallest absolute Gasteiger partial charge is 0.277 e. The van der Waals surface area contributed by atoms with Crippen molar-refractivity contribution in [2.45, 2.75) is 13.5 Å². The van der Waals surface area contributed by atoms with Crippen LogP contribution in [0, 0.1) is 12.7 Å². The van der Waals surface area contributed by atoms with E-state index in [9.17, 15) is 19.4 Å². The van der Waals surface area contributed by atoms with E-state index in [2.05, 4.69) is 15.5 Å². The van der Waals surface area contributed by atoms with Crippen molar-refractivity contribution in [1.82, 2.24) is 10.4 Å². The van der Waals surface area contributed by atoms with Gasteiger partial charge < -0.3 is 14.9 Å². The molecule has 24 heavy (non-hydrogen) atoms. The van der Waals surface area contributed by atoms with E-state index >= 15 is 0 Å². The highest BCUT2D eigenvalue weighted by Crippen LogP contribution is 2.21. The molecule has 1 aromatic heterocycles. The number of pyridine rings is 1. The van der Waals surface area contributed by atoms with Gasteiger partial charge in [0.1, 0.15) is 5.75 Å². The van der Waals surface area contributed by atoms with Crippen molar-refractivity contribution in [2.75, 3.05) is 6.61 Å². The number of aryl methyl sites for hydroxylation is 1. The molecule has 2 aromatic rings. The number of amides is 1. The molecule has 0 bridgehead atoms. The number of nitrogens with one attached hydrogen (secondary N) is 1. The van der Waals surface area contributed by atoms with Crippen LogP contribution in [-0.2, 0) is 11.4 Å². The molecule has 0 aliphatic carbocycles. The fourth-order valence-corrected chi connectivity index (χ4v) is 1.83. The number of aromatic nitrogens is 1. The molecule has 2 rings (SSSR count). The minimum Gasteiger partial charge on any atom is -0.505 e. The van der Waals surface area contributed by atoms with Gasteiger partial charge in [-0.15, -0.1) is 0 Å². The third-order valence-electron chi connectivity index (χ3n) is 3.11. The van der Waals surface area contributed by atoms with Gasteiger partial charge in [-0.25, -0.2) is 9.82 Å². The molecule has 0 unspecified atom stereocenters. The lowest BCUT2D eigenvalue weighted by molar-refractivity contribution is -0.123. The van der Waals surface area contributed by atoms with Gasteiger partial charge in [0.25, 0.3) is 5.91 Å². The van der Waals surface area contributed by atoms with E-state index in [0.29, 0.717) is 11.3 Å². The number of halogens is 1. The molecule has 0 saturated heterocycles. The zero-order valence-electron chi connectivity index (χ0n) is 12.9. The second-order valence-corrected chi connectivity index (χ2v) is 4.80. The number of rotatable bonds is 6. The van der Waals surface area contributed by atoms with Gasteiger partial charge >= 0.3 is 0 Å². The van der Waals surface area contributed by atoms with Crippen molar-refractivity contribution in [3.63, 3.8) is 0 Å². The van der Waals surface area contributed by atoms with Crippen LogP contribution in [0.25, 0.3) is 0 Å². The number of carbonyl (C=O) groups is 1. The Morgan fingerprint density at radius 3 is 2.92 bits per heavy atom. The van der Waals surface area contributed by atoms with Gasteiger partial charge in [0, 0.05) is 17.3 Å². The number of hydrogen-bond donors (Lipinski definition) is 3. The zero-order chi connectivity index (χ0) is 17.5. The maximum atomic E-state index is 13.3. The van der Waals surface area contributed by atoms with Crippen LogP contribution in [-0.4, -0.2) is 33.9 Å². The van der Waals surface area contributed by atoms with E-state index in [1.165, 1.54) is 30.6 Å². The summed E-state index contributed by atoms with van der Waals surface area (Å²) in [5.74, 6) is -1.35. The van der Waals surface area contributed by atoms with Crippen LogP contribution in [0.2, 0.25) is 0 Å². The Morgan fingerprint density at radius 1 is 1.46 bits per heavy atom. The fourth-order valence-electron chi connectivity index (χ4n) is 1.83. The Labute approximate surface area is 137 Å². The molecule has 1 aromatic carbocycles. The third-order valence-corrected chi connectivity index (χ3v) is 3.11. The lowest BCUT2D eigenvalue weighted by Gasteiger charge is -2.07. The average molecular weight is 333 g/mol. The molecular formula is C16H16FN3O4. The van der Waals surface area contributed by atoms with E-state index in [0.717, 1.165) is 0 Å². The highest BCUT2D eigenvalue weighted by Gasteiger charge is 2.10. The predicted molar refractivity (Wildman–Crippen MR) is 84.2 cm³/mol. The van der Waals surface area contributed by atoms with Gasteiger partial charge in [-0.05, 0) is 19.1 Å². The number of aliphatic hydroxyl groups excluding tert-OH is 1. The minimum atomic E-state index is -0.606. The summed E-state index contributed by atoms with van der Waals surface area (Å²) >= 11 is 0. The van der Waals surface area contributed by atoms with Crippen molar-refractivity contribution < 1.29 is 24.1 Å². The van der Waals surface area contributed by atoms with Crippen molar-refractivity contribution in [2.24, 2.45) is 5.10 Å². The van der Waals surface area contributed by atoms with E-state index in [1.807, 2.05) is 0 Å². The highest BCUT2D eigenvalue weighted by atomic mass is 19.1. The van der Waals surface area contributed by atoms with Gasteiger partial charge in [-0.3, -0.25) is 9.78 Å². The SMILES string of the molecule is Cc1ncc(CO)c(C=NNC(=O)COc2ccccc2F)c1O. The van der Waals surface area contributed by atoms with Crippen LogP contribution in [0.1, 0.15) is 16.8 Å². The van der Waals surface area contributed by atoms with Crippen molar-refractivity contribution in [3.05, 3.63) is 53.1 Å². The normalized spacial score (nSPS) is 10.8. The van der Waals surface area contributed by atoms with Gasteiger partial charge in [-0.2, -0.15) is 5.10 Å². The standard InChI is InChI=1S/C16H16FN3O4/c1-10-16(23)12(11(8-21)6-18-10)7-19-20-15(22)9-24-14-5-3-2-4-13(14)17/h2-7,21,23H,8-9H2,1H3,(H,20,22). The van der Waals surface area contributed by atoms with Crippen LogP contribution in [0.3, 0.4) is 0 Å². The molecule has 0 radical (unpaired) electrons. The number of aliphatic hydroxyl groups is 1. The summed E-state index contributed by atoms with van der Waals surface area (Å²) in [5.41, 5.74) is 3.16. The molecule has 0 spiro atoms. The van der Waals surface area contributed by atoms with Crippen LogP contribution in [0.4, 0.5) is 4.39 Å². The third kappa shape index (κ3) is 4.26. The molecule has 0 atom stereocenters. The van der Waals surface area contributed by atoms with E-state index in [4.69, 9.17) is 4.74 Å². The van der Waals surface area contributed by atoms with Crippen LogP contribution in [0.5, 0.6) is 11.5 Å². The quantitative estimate of drug-likeness (QED) is 0.545. The maximum absolute atomic E-state index is 13.3. The summed E-state index contributed by atoms with van der Waals surface area (Å²) in [4.78, 5) is 15.5. The summed E-state index contributed by atoms with van der Waals surface area (Å²) < 4.78 is 18.4. The number of nitrogens with zero attached hydrogens (tertiary/aromatic N) is 2. The largest absolute Gasteiger partial charge is 0.505 e. The highest BCUT2D eigenvalue weighted by molar-refractivity contribution is 5.87. The first-order valence-corrected chi connectivity index (χ1v) is 7.00. The van der Waals surface area contributed by atoms with E-state index < -0.39 is 18.3 Å². The first kappa shape index (κ1) is 17.4. The topological polar surface area (TPSA) is 104 Å².